The molecule has 1 unspecified atom stereocenters. The average Bonchev–Trinajstić information content (AvgIpc) is 3.02. The maximum Gasteiger partial charge on any atom is 0.266 e. The molecule has 2 aromatic rings. The van der Waals surface area contributed by atoms with Crippen molar-refractivity contribution in [2.45, 2.75) is 25.3 Å². The molecule has 3 rings (SSSR count). The zero-order valence-electron chi connectivity index (χ0n) is 12.0. The third-order valence-electron chi connectivity index (χ3n) is 3.79. The van der Waals surface area contributed by atoms with E-state index >= 15 is 0 Å². The molecule has 0 aliphatic carbocycles. The molecule has 0 bridgehead atoms. The predicted molar refractivity (Wildman–Crippen MR) is 85.1 cm³/mol. The fourth-order valence-corrected chi connectivity index (χ4v) is 3.21. The standard InChI is InChI=1S/C14H19N5OS/c1-18-13(20)6-5-12(17-18)19-8-3-2-4-11(19)10-16-14-15-7-9-21-14/h5-7,9,11H,2-4,8,10H2,1H3,(H,15,16). The van der Waals surface area contributed by atoms with E-state index in [1.807, 2.05) is 11.4 Å². The molecule has 1 N–H and O–H groups in total. The molecular weight excluding hydrogens is 286 g/mol. The van der Waals surface area contributed by atoms with E-state index in [1.165, 1.54) is 11.1 Å². The zero-order chi connectivity index (χ0) is 14.7. The van der Waals surface area contributed by atoms with Crippen molar-refractivity contribution in [1.29, 1.82) is 0 Å². The summed E-state index contributed by atoms with van der Waals surface area (Å²) in [5.41, 5.74) is -0.0757. The lowest BCUT2D eigenvalue weighted by atomic mass is 10.0. The highest BCUT2D eigenvalue weighted by molar-refractivity contribution is 7.13. The van der Waals surface area contributed by atoms with Crippen molar-refractivity contribution in [3.63, 3.8) is 0 Å². The van der Waals surface area contributed by atoms with Crippen molar-refractivity contribution < 1.29 is 0 Å². The molecule has 1 aliphatic heterocycles. The number of thiazole rings is 1. The molecular formula is C14H19N5OS. The van der Waals surface area contributed by atoms with Gasteiger partial charge in [-0.05, 0) is 25.3 Å². The van der Waals surface area contributed by atoms with Gasteiger partial charge in [-0.15, -0.1) is 11.3 Å². The molecule has 1 atom stereocenters. The Bertz CT molecular complexity index is 639. The summed E-state index contributed by atoms with van der Waals surface area (Å²) in [6, 6.07) is 3.79. The molecule has 2 aromatic heterocycles. The van der Waals surface area contributed by atoms with Gasteiger partial charge in [0.2, 0.25) is 0 Å². The molecule has 1 aliphatic rings. The number of aromatic nitrogens is 3. The summed E-state index contributed by atoms with van der Waals surface area (Å²) in [6.07, 6.45) is 5.33. The van der Waals surface area contributed by atoms with Crippen molar-refractivity contribution in [2.24, 2.45) is 7.05 Å². The lowest BCUT2D eigenvalue weighted by Gasteiger charge is -2.36. The number of anilines is 2. The van der Waals surface area contributed by atoms with Crippen LogP contribution in [0.1, 0.15) is 19.3 Å². The Morgan fingerprint density at radius 3 is 3.10 bits per heavy atom. The quantitative estimate of drug-likeness (QED) is 0.931. The molecule has 0 radical (unpaired) electrons. The highest BCUT2D eigenvalue weighted by atomic mass is 32.1. The Hall–Kier alpha value is -1.89. The predicted octanol–water partition coefficient (Wildman–Crippen LogP) is 1.71. The van der Waals surface area contributed by atoms with Gasteiger partial charge in [-0.25, -0.2) is 9.67 Å². The van der Waals surface area contributed by atoms with Crippen LogP contribution in [-0.2, 0) is 7.05 Å². The summed E-state index contributed by atoms with van der Waals surface area (Å²) >= 11 is 1.61. The fraction of sp³-hybridized carbons (Fsp3) is 0.500. The summed E-state index contributed by atoms with van der Waals surface area (Å²) in [5, 5.41) is 10.7. The minimum atomic E-state index is -0.0757. The highest BCUT2D eigenvalue weighted by Gasteiger charge is 2.24. The molecule has 6 nitrogen and oxygen atoms in total. The summed E-state index contributed by atoms with van der Waals surface area (Å²) < 4.78 is 1.40. The van der Waals surface area contributed by atoms with Gasteiger partial charge >= 0.3 is 0 Å². The van der Waals surface area contributed by atoms with Crippen molar-refractivity contribution in [3.05, 3.63) is 34.1 Å². The van der Waals surface area contributed by atoms with Crippen LogP contribution >= 0.6 is 11.3 Å². The van der Waals surface area contributed by atoms with Crippen LogP contribution < -0.4 is 15.8 Å². The van der Waals surface area contributed by atoms with Gasteiger partial charge < -0.3 is 10.2 Å². The monoisotopic (exact) mass is 305 g/mol. The topological polar surface area (TPSA) is 63.1 Å². The van der Waals surface area contributed by atoms with E-state index in [2.05, 4.69) is 20.3 Å². The van der Waals surface area contributed by atoms with Gasteiger partial charge in [-0.3, -0.25) is 4.79 Å². The van der Waals surface area contributed by atoms with Crippen molar-refractivity contribution in [2.75, 3.05) is 23.3 Å². The zero-order valence-corrected chi connectivity index (χ0v) is 12.8. The minimum absolute atomic E-state index is 0.0757. The maximum atomic E-state index is 11.5. The van der Waals surface area contributed by atoms with Crippen LogP contribution in [0.3, 0.4) is 0 Å². The van der Waals surface area contributed by atoms with Gasteiger partial charge in [0.15, 0.2) is 5.13 Å². The second kappa shape index (κ2) is 6.26. The Balaban J connectivity index is 1.74. The van der Waals surface area contributed by atoms with Gasteiger partial charge in [0.25, 0.3) is 5.56 Å². The van der Waals surface area contributed by atoms with E-state index in [9.17, 15) is 4.79 Å². The SMILES string of the molecule is Cn1nc(N2CCCCC2CNc2nccs2)ccc1=O. The van der Waals surface area contributed by atoms with Crippen LogP contribution in [0.25, 0.3) is 0 Å². The third kappa shape index (κ3) is 3.24. The van der Waals surface area contributed by atoms with Crippen LogP contribution in [0.4, 0.5) is 10.9 Å². The molecule has 7 heteroatoms. The minimum Gasteiger partial charge on any atom is -0.359 e. The largest absolute Gasteiger partial charge is 0.359 e. The Labute approximate surface area is 127 Å². The second-order valence-corrected chi connectivity index (χ2v) is 6.11. The van der Waals surface area contributed by atoms with E-state index in [0.717, 1.165) is 36.9 Å². The van der Waals surface area contributed by atoms with Crippen LogP contribution in [0, 0.1) is 0 Å². The molecule has 112 valence electrons. The van der Waals surface area contributed by atoms with E-state index in [4.69, 9.17) is 0 Å². The van der Waals surface area contributed by atoms with Crippen LogP contribution in [-0.4, -0.2) is 33.9 Å². The molecule has 3 heterocycles. The molecule has 1 saturated heterocycles. The molecule has 21 heavy (non-hydrogen) atoms. The normalized spacial score (nSPS) is 18.7. The first-order valence-corrected chi connectivity index (χ1v) is 8.06. The number of hydrogen-bond acceptors (Lipinski definition) is 6. The molecule has 0 spiro atoms. The van der Waals surface area contributed by atoms with Crippen molar-refractivity contribution in [1.82, 2.24) is 14.8 Å². The third-order valence-corrected chi connectivity index (χ3v) is 4.52. The molecule has 0 saturated carbocycles. The van der Waals surface area contributed by atoms with Crippen LogP contribution in [0.2, 0.25) is 0 Å². The van der Waals surface area contributed by atoms with Gasteiger partial charge in [0, 0.05) is 43.8 Å². The fourth-order valence-electron chi connectivity index (χ4n) is 2.67. The first kappa shape index (κ1) is 14.1. The summed E-state index contributed by atoms with van der Waals surface area (Å²) in [7, 11) is 1.69. The van der Waals surface area contributed by atoms with E-state index in [-0.39, 0.29) is 5.56 Å². The molecule has 0 amide bonds. The number of nitrogens with zero attached hydrogens (tertiary/aromatic N) is 4. The number of aryl methyl sites for hydroxylation is 1. The Morgan fingerprint density at radius 1 is 1.43 bits per heavy atom. The van der Waals surface area contributed by atoms with Crippen LogP contribution in [0.15, 0.2) is 28.5 Å². The van der Waals surface area contributed by atoms with Crippen LogP contribution in [0.5, 0.6) is 0 Å². The lowest BCUT2D eigenvalue weighted by molar-refractivity contribution is 0.464. The lowest BCUT2D eigenvalue weighted by Crippen LogP contribution is -2.44. The van der Waals surface area contributed by atoms with E-state index in [0.29, 0.717) is 6.04 Å². The van der Waals surface area contributed by atoms with E-state index < -0.39 is 0 Å². The average molecular weight is 305 g/mol. The number of piperidine rings is 1. The van der Waals surface area contributed by atoms with Gasteiger partial charge in [0.1, 0.15) is 5.82 Å². The Morgan fingerprint density at radius 2 is 2.33 bits per heavy atom. The summed E-state index contributed by atoms with van der Waals surface area (Å²) in [4.78, 5) is 18.0. The first-order valence-electron chi connectivity index (χ1n) is 7.18. The highest BCUT2D eigenvalue weighted by Crippen LogP contribution is 2.23. The second-order valence-electron chi connectivity index (χ2n) is 5.21. The number of rotatable bonds is 4. The maximum absolute atomic E-state index is 11.5. The van der Waals surface area contributed by atoms with Crippen molar-refractivity contribution in [3.8, 4) is 0 Å². The first-order chi connectivity index (χ1) is 10.2. The molecule has 1 fully saturated rings. The smallest absolute Gasteiger partial charge is 0.266 e. The molecule has 0 aromatic carbocycles. The number of hydrogen-bond donors (Lipinski definition) is 1. The summed E-state index contributed by atoms with van der Waals surface area (Å²) in [6.45, 7) is 1.83. The van der Waals surface area contributed by atoms with E-state index in [1.54, 1.807) is 30.6 Å². The van der Waals surface area contributed by atoms with Gasteiger partial charge in [-0.2, -0.15) is 5.10 Å². The summed E-state index contributed by atoms with van der Waals surface area (Å²) in [5.74, 6) is 0.878. The number of nitrogens with one attached hydrogen (secondary N) is 1. The van der Waals surface area contributed by atoms with Gasteiger partial charge in [0.05, 0.1) is 0 Å². The Kier molecular flexibility index (Phi) is 4.19. The van der Waals surface area contributed by atoms with Gasteiger partial charge in [-0.1, -0.05) is 0 Å². The van der Waals surface area contributed by atoms with Crippen molar-refractivity contribution >= 4 is 22.3 Å².